The third-order valence-corrected chi connectivity index (χ3v) is 5.11. The zero-order valence-corrected chi connectivity index (χ0v) is 17.9. The molecule has 156 valence electrons. The Morgan fingerprint density at radius 2 is 1.97 bits per heavy atom. The largest absolute Gasteiger partial charge is 0.493 e. The van der Waals surface area contributed by atoms with E-state index in [1.165, 1.54) is 0 Å². The first-order chi connectivity index (χ1) is 14.7. The Labute approximate surface area is 180 Å². The van der Waals surface area contributed by atoms with Crippen LogP contribution in [-0.2, 0) is 11.3 Å². The number of carbonyl (C=O) groups is 1. The van der Waals surface area contributed by atoms with Crippen molar-refractivity contribution in [3.05, 3.63) is 77.5 Å². The summed E-state index contributed by atoms with van der Waals surface area (Å²) in [7, 11) is 3.22. The minimum atomic E-state index is -0.0332. The van der Waals surface area contributed by atoms with Gasteiger partial charge in [-0.25, -0.2) is 0 Å². The number of hydrogen-bond acceptors (Lipinski definition) is 5. The average Bonchev–Trinajstić information content (AvgIpc) is 3.20. The fourth-order valence-corrected chi connectivity index (χ4v) is 3.59. The Morgan fingerprint density at radius 3 is 2.73 bits per heavy atom. The standard InChI is InChI=1S/C23H25N3O3S/c1-28-21-10-6-9-19(23(21)29-2)16-26-17-20(15-24-26)25-22(27)12-14-30-13-11-18-7-4-3-5-8-18/h3-11,13,15,17H,12,14,16H2,1-2H3,(H,25,27). The zero-order valence-electron chi connectivity index (χ0n) is 17.1. The first-order valence-electron chi connectivity index (χ1n) is 9.55. The lowest BCUT2D eigenvalue weighted by atomic mass is 10.2. The quantitative estimate of drug-likeness (QED) is 0.480. The minimum Gasteiger partial charge on any atom is -0.493 e. The molecule has 0 aliphatic heterocycles. The highest BCUT2D eigenvalue weighted by Crippen LogP contribution is 2.31. The van der Waals surface area contributed by atoms with Gasteiger partial charge in [-0.2, -0.15) is 5.10 Å². The van der Waals surface area contributed by atoms with Crippen molar-refractivity contribution in [1.29, 1.82) is 0 Å². The molecule has 3 aromatic rings. The summed E-state index contributed by atoms with van der Waals surface area (Å²) in [6, 6.07) is 15.8. The average molecular weight is 424 g/mol. The van der Waals surface area contributed by atoms with E-state index in [0.29, 0.717) is 35.9 Å². The molecule has 1 heterocycles. The number of amides is 1. The van der Waals surface area contributed by atoms with Gasteiger partial charge in [-0.3, -0.25) is 9.48 Å². The van der Waals surface area contributed by atoms with Gasteiger partial charge in [-0.1, -0.05) is 42.5 Å². The zero-order chi connectivity index (χ0) is 21.2. The lowest BCUT2D eigenvalue weighted by Gasteiger charge is -2.12. The van der Waals surface area contributed by atoms with Crippen molar-refractivity contribution in [3.8, 4) is 11.5 Å². The molecule has 2 aromatic carbocycles. The number of ether oxygens (including phenoxy) is 2. The number of methoxy groups -OCH3 is 2. The molecule has 0 radical (unpaired) electrons. The predicted molar refractivity (Wildman–Crippen MR) is 122 cm³/mol. The van der Waals surface area contributed by atoms with Crippen LogP contribution in [0.25, 0.3) is 6.08 Å². The molecule has 0 spiro atoms. The number of hydrogen-bond donors (Lipinski definition) is 1. The lowest BCUT2D eigenvalue weighted by molar-refractivity contribution is -0.115. The van der Waals surface area contributed by atoms with Crippen molar-refractivity contribution < 1.29 is 14.3 Å². The van der Waals surface area contributed by atoms with Crippen LogP contribution >= 0.6 is 11.8 Å². The molecule has 30 heavy (non-hydrogen) atoms. The molecule has 1 N–H and O–H groups in total. The molecule has 0 aliphatic rings. The van der Waals surface area contributed by atoms with Crippen LogP contribution in [0.5, 0.6) is 11.5 Å². The monoisotopic (exact) mass is 423 g/mol. The SMILES string of the molecule is COc1cccc(Cn2cc(NC(=O)CCSC=Cc3ccccc3)cn2)c1OC. The second-order valence-electron chi connectivity index (χ2n) is 6.46. The van der Waals surface area contributed by atoms with Crippen LogP contribution < -0.4 is 14.8 Å². The highest BCUT2D eigenvalue weighted by Gasteiger charge is 2.11. The maximum atomic E-state index is 12.2. The van der Waals surface area contributed by atoms with Crippen molar-refractivity contribution in [1.82, 2.24) is 9.78 Å². The van der Waals surface area contributed by atoms with Gasteiger partial charge in [0.15, 0.2) is 11.5 Å². The van der Waals surface area contributed by atoms with E-state index in [-0.39, 0.29) is 5.91 Å². The van der Waals surface area contributed by atoms with Gasteiger partial charge in [0.25, 0.3) is 0 Å². The van der Waals surface area contributed by atoms with Crippen LogP contribution in [0.1, 0.15) is 17.5 Å². The van der Waals surface area contributed by atoms with Gasteiger partial charge >= 0.3 is 0 Å². The highest BCUT2D eigenvalue weighted by atomic mass is 32.2. The topological polar surface area (TPSA) is 65.4 Å². The molecule has 1 aromatic heterocycles. The van der Waals surface area contributed by atoms with E-state index in [0.717, 1.165) is 11.1 Å². The number of anilines is 1. The van der Waals surface area contributed by atoms with Gasteiger partial charge in [0.05, 0.1) is 32.6 Å². The van der Waals surface area contributed by atoms with E-state index in [1.807, 2.05) is 60.0 Å². The minimum absolute atomic E-state index is 0.0332. The summed E-state index contributed by atoms with van der Waals surface area (Å²) >= 11 is 1.61. The van der Waals surface area contributed by atoms with Gasteiger partial charge in [0.1, 0.15) is 0 Å². The number of rotatable bonds is 10. The number of thioether (sulfide) groups is 1. The predicted octanol–water partition coefficient (Wildman–Crippen LogP) is 4.68. The fraction of sp³-hybridized carbons (Fsp3) is 0.217. The molecule has 0 unspecified atom stereocenters. The summed E-state index contributed by atoms with van der Waals surface area (Å²) in [5.41, 5.74) is 2.76. The van der Waals surface area contributed by atoms with Crippen LogP contribution in [-0.4, -0.2) is 35.7 Å². The Morgan fingerprint density at radius 1 is 1.13 bits per heavy atom. The van der Waals surface area contributed by atoms with E-state index in [1.54, 1.807) is 43.1 Å². The molecule has 3 rings (SSSR count). The number of aromatic nitrogens is 2. The van der Waals surface area contributed by atoms with Crippen molar-refractivity contribution in [2.24, 2.45) is 0 Å². The number of para-hydroxylation sites is 1. The Bertz CT molecular complexity index is 986. The third kappa shape index (κ3) is 6.15. The van der Waals surface area contributed by atoms with Crippen LogP contribution in [0.15, 0.2) is 66.3 Å². The molecule has 0 bridgehead atoms. The normalized spacial score (nSPS) is 10.9. The summed E-state index contributed by atoms with van der Waals surface area (Å²) in [4.78, 5) is 12.2. The van der Waals surface area contributed by atoms with Crippen molar-refractivity contribution in [2.45, 2.75) is 13.0 Å². The maximum Gasteiger partial charge on any atom is 0.225 e. The van der Waals surface area contributed by atoms with Crippen LogP contribution in [0.2, 0.25) is 0 Å². The van der Waals surface area contributed by atoms with Gasteiger partial charge in [0.2, 0.25) is 5.91 Å². The van der Waals surface area contributed by atoms with Crippen LogP contribution in [0, 0.1) is 0 Å². The summed E-state index contributed by atoms with van der Waals surface area (Å²) < 4.78 is 12.5. The van der Waals surface area contributed by atoms with Crippen LogP contribution in [0.4, 0.5) is 5.69 Å². The molecule has 1 amide bonds. The molecule has 0 aliphatic carbocycles. The lowest BCUT2D eigenvalue weighted by Crippen LogP contribution is -2.11. The van der Waals surface area contributed by atoms with Gasteiger partial charge in [-0.05, 0) is 23.1 Å². The smallest absolute Gasteiger partial charge is 0.225 e. The molecular formula is C23H25N3O3S. The maximum absolute atomic E-state index is 12.2. The Kier molecular flexibility index (Phi) is 7.97. The third-order valence-electron chi connectivity index (χ3n) is 4.34. The summed E-state index contributed by atoms with van der Waals surface area (Å²) in [6.07, 6.45) is 5.92. The number of nitrogens with one attached hydrogen (secondary N) is 1. The Hall–Kier alpha value is -3.19. The Balaban J connectivity index is 1.47. The molecule has 0 saturated heterocycles. The van der Waals surface area contributed by atoms with E-state index in [4.69, 9.17) is 9.47 Å². The highest BCUT2D eigenvalue weighted by molar-refractivity contribution is 8.02. The number of nitrogens with zero attached hydrogens (tertiary/aromatic N) is 2. The number of carbonyl (C=O) groups excluding carboxylic acids is 1. The molecule has 6 nitrogen and oxygen atoms in total. The van der Waals surface area contributed by atoms with Gasteiger partial charge in [-0.15, -0.1) is 11.8 Å². The molecule has 0 atom stereocenters. The van der Waals surface area contributed by atoms with E-state index in [2.05, 4.69) is 10.4 Å². The molecule has 0 saturated carbocycles. The van der Waals surface area contributed by atoms with Crippen molar-refractivity contribution in [3.63, 3.8) is 0 Å². The second kappa shape index (κ2) is 11.1. The van der Waals surface area contributed by atoms with E-state index < -0.39 is 0 Å². The summed E-state index contributed by atoms with van der Waals surface area (Å²) in [5.74, 6) is 2.04. The first kappa shape index (κ1) is 21.5. The summed E-state index contributed by atoms with van der Waals surface area (Å²) in [6.45, 7) is 0.510. The first-order valence-corrected chi connectivity index (χ1v) is 10.6. The molecule has 7 heteroatoms. The summed E-state index contributed by atoms with van der Waals surface area (Å²) in [5, 5.41) is 9.24. The van der Waals surface area contributed by atoms with Gasteiger partial charge < -0.3 is 14.8 Å². The molecular weight excluding hydrogens is 398 g/mol. The van der Waals surface area contributed by atoms with Crippen molar-refractivity contribution >= 4 is 29.4 Å². The fourth-order valence-electron chi connectivity index (χ4n) is 2.90. The van der Waals surface area contributed by atoms with Crippen LogP contribution in [0.3, 0.4) is 0 Å². The molecule has 0 fully saturated rings. The van der Waals surface area contributed by atoms with E-state index >= 15 is 0 Å². The second-order valence-corrected chi connectivity index (χ2v) is 7.48. The van der Waals surface area contributed by atoms with Gasteiger partial charge in [0, 0.05) is 23.9 Å². The number of benzene rings is 2. The van der Waals surface area contributed by atoms with E-state index in [9.17, 15) is 4.79 Å². The van der Waals surface area contributed by atoms with Crippen molar-refractivity contribution in [2.75, 3.05) is 25.3 Å².